The molecule has 2 saturated heterocycles. The van der Waals surface area contributed by atoms with Gasteiger partial charge in [-0.2, -0.15) is 0 Å². The van der Waals surface area contributed by atoms with E-state index in [0.29, 0.717) is 25.1 Å². The second-order valence-electron chi connectivity index (χ2n) is 8.63. The molecule has 2 fully saturated rings. The summed E-state index contributed by atoms with van der Waals surface area (Å²) in [5.41, 5.74) is 2.34. The van der Waals surface area contributed by atoms with Crippen molar-refractivity contribution in [3.8, 4) is 0 Å². The maximum Gasteiger partial charge on any atom is 0.253 e. The van der Waals surface area contributed by atoms with Crippen molar-refractivity contribution in [2.45, 2.75) is 51.1 Å². The summed E-state index contributed by atoms with van der Waals surface area (Å²) in [4.78, 5) is 42.2. The molecule has 1 unspecified atom stereocenters. The molecule has 0 aromatic heterocycles. The number of hydrogen-bond donors (Lipinski definition) is 1. The van der Waals surface area contributed by atoms with Crippen LogP contribution in [0, 0.1) is 0 Å². The predicted molar refractivity (Wildman–Crippen MR) is 123 cm³/mol. The number of amides is 3. The maximum atomic E-state index is 13.2. The second kappa shape index (κ2) is 10.4. The molecule has 2 heterocycles. The summed E-state index contributed by atoms with van der Waals surface area (Å²) in [5, 5.41) is 3.00. The van der Waals surface area contributed by atoms with Gasteiger partial charge in [-0.25, -0.2) is 0 Å². The number of piperidine rings is 2. The van der Waals surface area contributed by atoms with Gasteiger partial charge in [0.15, 0.2) is 0 Å². The summed E-state index contributed by atoms with van der Waals surface area (Å²) < 4.78 is 0. The topological polar surface area (TPSA) is 69.7 Å². The molecule has 2 aromatic carbocycles. The summed E-state index contributed by atoms with van der Waals surface area (Å²) in [5.74, 6) is -0.118. The van der Waals surface area contributed by atoms with Gasteiger partial charge in [-0.1, -0.05) is 42.5 Å². The molecule has 1 atom stereocenters. The van der Waals surface area contributed by atoms with E-state index in [9.17, 15) is 14.4 Å². The van der Waals surface area contributed by atoms with Crippen LogP contribution >= 0.6 is 0 Å². The van der Waals surface area contributed by atoms with Gasteiger partial charge in [-0.15, -0.1) is 0 Å². The van der Waals surface area contributed by atoms with E-state index in [4.69, 9.17) is 0 Å². The number of likely N-dealkylation sites (tertiary alicyclic amines) is 2. The molecule has 0 aliphatic carbocycles. The standard InChI is InChI=1S/C26H31N3O3/c30-23-14-5-8-17-29(23)24(21-11-3-1-4-12-21)25(31)27-19-20-10-9-13-22(18-20)26(32)28-15-6-2-7-16-28/h1,3-4,9-13,18,24H,2,5-8,14-17,19H2,(H,27,31). The quantitative estimate of drug-likeness (QED) is 0.756. The van der Waals surface area contributed by atoms with E-state index in [0.717, 1.165) is 49.9 Å². The highest BCUT2D eigenvalue weighted by atomic mass is 16.2. The molecule has 1 N–H and O–H groups in total. The Morgan fingerprint density at radius 1 is 0.875 bits per heavy atom. The van der Waals surface area contributed by atoms with Gasteiger partial charge in [-0.3, -0.25) is 14.4 Å². The van der Waals surface area contributed by atoms with Gasteiger partial charge in [0.25, 0.3) is 5.91 Å². The molecule has 0 bridgehead atoms. The van der Waals surface area contributed by atoms with Gasteiger partial charge >= 0.3 is 0 Å². The third kappa shape index (κ3) is 5.18. The first-order chi connectivity index (χ1) is 15.6. The molecule has 168 valence electrons. The Morgan fingerprint density at radius 3 is 2.38 bits per heavy atom. The third-order valence-corrected chi connectivity index (χ3v) is 6.32. The van der Waals surface area contributed by atoms with Gasteiger partial charge in [-0.05, 0) is 55.4 Å². The van der Waals surface area contributed by atoms with E-state index >= 15 is 0 Å². The lowest BCUT2D eigenvalue weighted by Crippen LogP contribution is -2.45. The zero-order valence-corrected chi connectivity index (χ0v) is 18.5. The fourth-order valence-electron chi connectivity index (χ4n) is 4.59. The van der Waals surface area contributed by atoms with Crippen LogP contribution in [0.15, 0.2) is 54.6 Å². The molecule has 6 heteroatoms. The second-order valence-corrected chi connectivity index (χ2v) is 8.63. The van der Waals surface area contributed by atoms with E-state index in [2.05, 4.69) is 5.32 Å². The lowest BCUT2D eigenvalue weighted by molar-refractivity contribution is -0.142. The molecule has 6 nitrogen and oxygen atoms in total. The largest absolute Gasteiger partial charge is 0.350 e. The minimum atomic E-state index is -0.637. The third-order valence-electron chi connectivity index (χ3n) is 6.32. The van der Waals surface area contributed by atoms with E-state index in [-0.39, 0.29) is 17.7 Å². The van der Waals surface area contributed by atoms with Gasteiger partial charge in [0.05, 0.1) is 0 Å². The number of nitrogens with zero attached hydrogens (tertiary/aromatic N) is 2. The Kier molecular flexibility index (Phi) is 7.20. The number of rotatable bonds is 6. The summed E-state index contributed by atoms with van der Waals surface area (Å²) >= 11 is 0. The van der Waals surface area contributed by atoms with E-state index in [1.165, 1.54) is 6.42 Å². The maximum absolute atomic E-state index is 13.2. The predicted octanol–water partition coefficient (Wildman–Crippen LogP) is 3.68. The van der Waals surface area contributed by atoms with Crippen molar-refractivity contribution in [2.24, 2.45) is 0 Å². The summed E-state index contributed by atoms with van der Waals surface area (Å²) in [7, 11) is 0. The first-order valence-corrected chi connectivity index (χ1v) is 11.6. The molecular formula is C26H31N3O3. The number of benzene rings is 2. The first-order valence-electron chi connectivity index (χ1n) is 11.6. The SMILES string of the molecule is O=C(NCc1cccc(C(=O)N2CCCCC2)c1)C(c1ccccc1)N1CCCCC1=O. The fraction of sp³-hybridized carbons (Fsp3) is 0.423. The number of carbonyl (C=O) groups is 3. The van der Waals surface area contributed by atoms with Crippen molar-refractivity contribution in [3.63, 3.8) is 0 Å². The van der Waals surface area contributed by atoms with Gasteiger partial charge in [0, 0.05) is 38.2 Å². The molecule has 2 aromatic rings. The van der Waals surface area contributed by atoms with Crippen molar-refractivity contribution in [2.75, 3.05) is 19.6 Å². The minimum absolute atomic E-state index is 0.0226. The van der Waals surface area contributed by atoms with Gasteiger partial charge in [0.1, 0.15) is 6.04 Å². The average molecular weight is 434 g/mol. The summed E-state index contributed by atoms with van der Waals surface area (Å²) in [6.07, 6.45) is 5.55. The first kappa shape index (κ1) is 22.1. The minimum Gasteiger partial charge on any atom is -0.350 e. The van der Waals surface area contributed by atoms with Crippen LogP contribution in [0.5, 0.6) is 0 Å². The Bertz CT molecular complexity index is 954. The molecule has 32 heavy (non-hydrogen) atoms. The summed E-state index contributed by atoms with van der Waals surface area (Å²) in [6.45, 7) is 2.52. The van der Waals surface area contributed by atoms with E-state index in [1.807, 2.05) is 59.5 Å². The molecule has 0 radical (unpaired) electrons. The lowest BCUT2D eigenvalue weighted by atomic mass is 10.00. The van der Waals surface area contributed by atoms with Crippen molar-refractivity contribution in [1.29, 1.82) is 0 Å². The number of nitrogens with one attached hydrogen (secondary N) is 1. The molecule has 2 aliphatic heterocycles. The molecular weight excluding hydrogens is 402 g/mol. The van der Waals surface area contributed by atoms with Crippen molar-refractivity contribution in [1.82, 2.24) is 15.1 Å². The highest BCUT2D eigenvalue weighted by molar-refractivity contribution is 5.94. The van der Waals surface area contributed by atoms with Crippen LogP contribution in [0.25, 0.3) is 0 Å². The number of hydrogen-bond acceptors (Lipinski definition) is 3. The van der Waals surface area contributed by atoms with Crippen molar-refractivity contribution < 1.29 is 14.4 Å². The van der Waals surface area contributed by atoms with Crippen LogP contribution in [0.4, 0.5) is 0 Å². The smallest absolute Gasteiger partial charge is 0.253 e. The molecule has 3 amide bonds. The lowest BCUT2D eigenvalue weighted by Gasteiger charge is -2.34. The zero-order valence-electron chi connectivity index (χ0n) is 18.5. The van der Waals surface area contributed by atoms with Gasteiger partial charge in [0.2, 0.25) is 11.8 Å². The summed E-state index contributed by atoms with van der Waals surface area (Å²) in [6, 6.07) is 16.3. The Labute approximate surface area is 189 Å². The normalized spacial score (nSPS) is 17.7. The van der Waals surface area contributed by atoms with Gasteiger partial charge < -0.3 is 15.1 Å². The van der Waals surface area contributed by atoms with Crippen LogP contribution in [-0.4, -0.2) is 47.2 Å². The van der Waals surface area contributed by atoms with Crippen LogP contribution in [0.3, 0.4) is 0 Å². The highest BCUT2D eigenvalue weighted by Gasteiger charge is 2.32. The molecule has 4 rings (SSSR count). The van der Waals surface area contributed by atoms with Crippen LogP contribution in [-0.2, 0) is 16.1 Å². The zero-order chi connectivity index (χ0) is 22.3. The highest BCUT2D eigenvalue weighted by Crippen LogP contribution is 2.26. The van der Waals surface area contributed by atoms with E-state index in [1.54, 1.807) is 4.90 Å². The Balaban J connectivity index is 1.46. The molecule has 2 aliphatic rings. The number of carbonyl (C=O) groups excluding carboxylic acids is 3. The van der Waals surface area contributed by atoms with E-state index < -0.39 is 6.04 Å². The Morgan fingerprint density at radius 2 is 1.62 bits per heavy atom. The van der Waals surface area contributed by atoms with Crippen molar-refractivity contribution in [3.05, 3.63) is 71.3 Å². The monoisotopic (exact) mass is 433 g/mol. The fourth-order valence-corrected chi connectivity index (χ4v) is 4.59. The molecule has 0 saturated carbocycles. The Hall–Kier alpha value is -3.15. The van der Waals surface area contributed by atoms with Crippen LogP contribution < -0.4 is 5.32 Å². The van der Waals surface area contributed by atoms with Crippen LogP contribution in [0.1, 0.15) is 66.1 Å². The van der Waals surface area contributed by atoms with Crippen LogP contribution in [0.2, 0.25) is 0 Å². The molecule has 0 spiro atoms. The van der Waals surface area contributed by atoms with Crippen molar-refractivity contribution >= 4 is 17.7 Å². The average Bonchev–Trinajstić information content (AvgIpc) is 2.85.